The molecule has 1 unspecified atom stereocenters. The molecule has 3 rings (SSSR count). The Morgan fingerprint density at radius 2 is 1.92 bits per heavy atom. The standard InChI is InChI=1S/C21H26N2OS/c1-23(20-13-7-9-17-8-5-6-12-19(17)20)16-21(24)22-14-15-25-18-10-3-2-4-11-18/h2-6,8,10-12,20H,7,9,13-16H2,1H3,(H,22,24). The molecule has 2 aromatic rings. The van der Waals surface area contributed by atoms with Crippen LogP contribution in [0.1, 0.15) is 30.0 Å². The lowest BCUT2D eigenvalue weighted by Crippen LogP contribution is -2.38. The maximum Gasteiger partial charge on any atom is 0.234 e. The average Bonchev–Trinajstić information content (AvgIpc) is 2.65. The highest BCUT2D eigenvalue weighted by atomic mass is 32.2. The third kappa shape index (κ3) is 5.10. The lowest BCUT2D eigenvalue weighted by atomic mass is 9.87. The highest BCUT2D eigenvalue weighted by molar-refractivity contribution is 7.99. The van der Waals surface area contributed by atoms with Gasteiger partial charge in [0.05, 0.1) is 6.54 Å². The van der Waals surface area contributed by atoms with E-state index in [1.165, 1.54) is 22.4 Å². The molecule has 0 radical (unpaired) electrons. The number of likely N-dealkylation sites (N-methyl/N-ethyl adjacent to an activating group) is 1. The van der Waals surface area contributed by atoms with Crippen molar-refractivity contribution in [2.24, 2.45) is 0 Å². The molecule has 0 bridgehead atoms. The molecule has 0 aromatic heterocycles. The van der Waals surface area contributed by atoms with Gasteiger partial charge in [0, 0.05) is 23.2 Å². The number of nitrogens with zero attached hydrogens (tertiary/aromatic N) is 1. The largest absolute Gasteiger partial charge is 0.354 e. The monoisotopic (exact) mass is 354 g/mol. The van der Waals surface area contributed by atoms with E-state index in [0.29, 0.717) is 19.1 Å². The third-order valence-electron chi connectivity index (χ3n) is 4.70. The Morgan fingerprint density at radius 1 is 1.16 bits per heavy atom. The Balaban J connectivity index is 1.44. The molecule has 2 aromatic carbocycles. The van der Waals surface area contributed by atoms with Crippen LogP contribution in [0, 0.1) is 0 Å². The lowest BCUT2D eigenvalue weighted by Gasteiger charge is -2.32. The maximum absolute atomic E-state index is 12.3. The first-order valence-corrected chi connectivity index (χ1v) is 9.95. The van der Waals surface area contributed by atoms with Gasteiger partial charge in [0.2, 0.25) is 5.91 Å². The number of hydrogen-bond donors (Lipinski definition) is 1. The van der Waals surface area contributed by atoms with Gasteiger partial charge < -0.3 is 5.32 Å². The summed E-state index contributed by atoms with van der Waals surface area (Å²) < 4.78 is 0. The summed E-state index contributed by atoms with van der Waals surface area (Å²) in [5.74, 6) is 1.00. The molecule has 0 aliphatic heterocycles. The quantitative estimate of drug-likeness (QED) is 0.604. The van der Waals surface area contributed by atoms with Crippen LogP contribution in [-0.4, -0.2) is 36.7 Å². The number of thioether (sulfide) groups is 1. The number of hydrogen-bond acceptors (Lipinski definition) is 3. The molecule has 0 saturated carbocycles. The van der Waals surface area contributed by atoms with Gasteiger partial charge in [-0.3, -0.25) is 9.69 Å². The third-order valence-corrected chi connectivity index (χ3v) is 5.71. The van der Waals surface area contributed by atoms with E-state index in [4.69, 9.17) is 0 Å². The fraction of sp³-hybridized carbons (Fsp3) is 0.381. The van der Waals surface area contributed by atoms with Crippen molar-refractivity contribution in [2.75, 3.05) is 25.9 Å². The number of benzene rings is 2. The van der Waals surface area contributed by atoms with Crippen LogP contribution in [0.4, 0.5) is 0 Å². The zero-order chi connectivity index (χ0) is 17.5. The molecule has 1 N–H and O–H groups in total. The topological polar surface area (TPSA) is 32.3 Å². The van der Waals surface area contributed by atoms with Gasteiger partial charge in [-0.05, 0) is 49.6 Å². The smallest absolute Gasteiger partial charge is 0.234 e. The second-order valence-corrected chi connectivity index (χ2v) is 7.70. The minimum absolute atomic E-state index is 0.110. The van der Waals surface area contributed by atoms with Crippen LogP contribution in [0.2, 0.25) is 0 Å². The molecule has 1 atom stereocenters. The number of carbonyl (C=O) groups excluding carboxylic acids is 1. The van der Waals surface area contributed by atoms with Gasteiger partial charge in [-0.25, -0.2) is 0 Å². The predicted molar refractivity (Wildman–Crippen MR) is 105 cm³/mol. The number of carbonyl (C=O) groups is 1. The van der Waals surface area contributed by atoms with Crippen molar-refractivity contribution in [1.29, 1.82) is 0 Å². The molecule has 25 heavy (non-hydrogen) atoms. The van der Waals surface area contributed by atoms with E-state index < -0.39 is 0 Å². The van der Waals surface area contributed by atoms with Gasteiger partial charge >= 0.3 is 0 Å². The summed E-state index contributed by atoms with van der Waals surface area (Å²) in [5.41, 5.74) is 2.83. The van der Waals surface area contributed by atoms with Crippen LogP contribution in [0.3, 0.4) is 0 Å². The molecular formula is C21H26N2OS. The second-order valence-electron chi connectivity index (χ2n) is 6.53. The van der Waals surface area contributed by atoms with E-state index in [-0.39, 0.29) is 5.91 Å². The summed E-state index contributed by atoms with van der Waals surface area (Å²) in [6, 6.07) is 19.3. The molecular weight excluding hydrogens is 328 g/mol. The van der Waals surface area contributed by atoms with Gasteiger partial charge in [-0.1, -0.05) is 42.5 Å². The van der Waals surface area contributed by atoms with Crippen molar-refractivity contribution in [1.82, 2.24) is 10.2 Å². The zero-order valence-corrected chi connectivity index (χ0v) is 15.6. The minimum atomic E-state index is 0.110. The van der Waals surface area contributed by atoms with E-state index in [0.717, 1.165) is 18.6 Å². The summed E-state index contributed by atoms with van der Waals surface area (Å²) in [4.78, 5) is 15.7. The molecule has 1 aliphatic carbocycles. The van der Waals surface area contributed by atoms with Gasteiger partial charge in [-0.15, -0.1) is 11.8 Å². The Bertz CT molecular complexity index is 689. The van der Waals surface area contributed by atoms with Crippen molar-refractivity contribution in [2.45, 2.75) is 30.2 Å². The van der Waals surface area contributed by atoms with Crippen LogP contribution in [0.5, 0.6) is 0 Å². The highest BCUT2D eigenvalue weighted by Crippen LogP contribution is 2.33. The predicted octanol–water partition coefficient (Wildman–Crippen LogP) is 3.90. The van der Waals surface area contributed by atoms with Crippen LogP contribution in [-0.2, 0) is 11.2 Å². The first-order valence-electron chi connectivity index (χ1n) is 8.96. The zero-order valence-electron chi connectivity index (χ0n) is 14.8. The summed E-state index contributed by atoms with van der Waals surface area (Å²) in [6.45, 7) is 1.16. The van der Waals surface area contributed by atoms with E-state index in [2.05, 4.69) is 53.7 Å². The number of aryl methyl sites for hydroxylation is 1. The molecule has 1 amide bonds. The SMILES string of the molecule is CN(CC(=O)NCCSc1ccccc1)C1CCCc2ccccc21. The highest BCUT2D eigenvalue weighted by Gasteiger charge is 2.24. The first kappa shape index (κ1) is 18.0. The summed E-state index contributed by atoms with van der Waals surface area (Å²) in [7, 11) is 2.06. The lowest BCUT2D eigenvalue weighted by molar-refractivity contribution is -0.122. The minimum Gasteiger partial charge on any atom is -0.354 e. The van der Waals surface area contributed by atoms with Crippen molar-refractivity contribution < 1.29 is 4.79 Å². The first-order chi connectivity index (χ1) is 12.2. The Kier molecular flexibility index (Phi) is 6.54. The van der Waals surface area contributed by atoms with Crippen LogP contribution in [0.15, 0.2) is 59.5 Å². The fourth-order valence-corrected chi connectivity index (χ4v) is 4.24. The summed E-state index contributed by atoms with van der Waals surface area (Å²) >= 11 is 1.77. The molecule has 132 valence electrons. The Morgan fingerprint density at radius 3 is 2.76 bits per heavy atom. The fourth-order valence-electron chi connectivity index (χ4n) is 3.45. The number of rotatable bonds is 7. The van der Waals surface area contributed by atoms with Crippen molar-refractivity contribution in [3.63, 3.8) is 0 Å². The number of amides is 1. The van der Waals surface area contributed by atoms with Crippen molar-refractivity contribution >= 4 is 17.7 Å². The molecule has 1 aliphatic rings. The van der Waals surface area contributed by atoms with Crippen LogP contribution in [0.25, 0.3) is 0 Å². The second kappa shape index (κ2) is 9.07. The Hall–Kier alpha value is -1.78. The normalized spacial score (nSPS) is 16.5. The molecule has 0 heterocycles. The molecule has 0 saturated heterocycles. The van der Waals surface area contributed by atoms with Crippen molar-refractivity contribution in [3.8, 4) is 0 Å². The van der Waals surface area contributed by atoms with E-state index >= 15 is 0 Å². The molecule has 3 nitrogen and oxygen atoms in total. The van der Waals surface area contributed by atoms with E-state index in [9.17, 15) is 4.79 Å². The average molecular weight is 355 g/mol. The molecule has 4 heteroatoms. The van der Waals surface area contributed by atoms with E-state index in [1.807, 2.05) is 18.2 Å². The Labute approximate surface area is 154 Å². The van der Waals surface area contributed by atoms with Crippen molar-refractivity contribution in [3.05, 3.63) is 65.7 Å². The van der Waals surface area contributed by atoms with Gasteiger partial charge in [0.15, 0.2) is 0 Å². The molecule has 0 fully saturated rings. The van der Waals surface area contributed by atoms with E-state index in [1.54, 1.807) is 11.8 Å². The molecule has 0 spiro atoms. The van der Waals surface area contributed by atoms with Gasteiger partial charge in [0.25, 0.3) is 0 Å². The number of fused-ring (bicyclic) bond motifs is 1. The summed E-state index contributed by atoms with van der Waals surface area (Å²) in [5, 5.41) is 3.05. The summed E-state index contributed by atoms with van der Waals surface area (Å²) in [6.07, 6.45) is 3.48. The number of nitrogens with one attached hydrogen (secondary N) is 1. The maximum atomic E-state index is 12.3. The van der Waals surface area contributed by atoms with Crippen LogP contribution >= 0.6 is 11.8 Å². The van der Waals surface area contributed by atoms with Crippen LogP contribution < -0.4 is 5.32 Å². The van der Waals surface area contributed by atoms with Gasteiger partial charge in [-0.2, -0.15) is 0 Å². The van der Waals surface area contributed by atoms with Gasteiger partial charge in [0.1, 0.15) is 0 Å².